The normalized spacial score (nSPS) is 10.5. The van der Waals surface area contributed by atoms with E-state index in [1.165, 1.54) is 6.92 Å². The lowest BCUT2D eigenvalue weighted by atomic mass is 10.1. The third-order valence-corrected chi connectivity index (χ3v) is 3.75. The van der Waals surface area contributed by atoms with Crippen molar-refractivity contribution in [2.24, 2.45) is 0 Å². The minimum atomic E-state index is -0.436. The molecule has 1 amide bonds. The van der Waals surface area contributed by atoms with Gasteiger partial charge in [-0.2, -0.15) is 0 Å². The SMILES string of the molecule is CC(=O)c1ccc(C(=O)Nc2nnc(-c3cc(Cl)cc(Cl)c3)o2)cc1. The first-order chi connectivity index (χ1) is 11.9. The zero-order chi connectivity index (χ0) is 18.0. The second-order valence-electron chi connectivity index (χ2n) is 5.16. The van der Waals surface area contributed by atoms with Crippen LogP contribution < -0.4 is 5.32 Å². The largest absolute Gasteiger partial charge is 0.403 e. The number of Topliss-reactive ketones (excluding diaryl/α,β-unsaturated/α-hetero) is 1. The van der Waals surface area contributed by atoms with Crippen LogP contribution in [0.4, 0.5) is 6.01 Å². The maximum absolute atomic E-state index is 12.2. The van der Waals surface area contributed by atoms with Crippen molar-refractivity contribution >= 4 is 40.9 Å². The number of nitrogens with one attached hydrogen (secondary N) is 1. The first kappa shape index (κ1) is 17.1. The van der Waals surface area contributed by atoms with Crippen LogP contribution in [0.5, 0.6) is 0 Å². The molecule has 0 aliphatic carbocycles. The number of hydrogen-bond donors (Lipinski definition) is 1. The Labute approximate surface area is 152 Å². The number of hydrogen-bond acceptors (Lipinski definition) is 5. The molecule has 3 aromatic rings. The summed E-state index contributed by atoms with van der Waals surface area (Å²) in [5.41, 5.74) is 1.42. The van der Waals surface area contributed by atoms with Crippen LogP contribution in [-0.2, 0) is 0 Å². The first-order valence-corrected chi connectivity index (χ1v) is 7.90. The van der Waals surface area contributed by atoms with Crippen LogP contribution >= 0.6 is 23.2 Å². The number of benzene rings is 2. The zero-order valence-corrected chi connectivity index (χ0v) is 14.4. The number of anilines is 1. The van der Waals surface area contributed by atoms with E-state index in [0.29, 0.717) is 26.7 Å². The van der Waals surface area contributed by atoms with Crippen LogP contribution in [-0.4, -0.2) is 21.9 Å². The number of aromatic nitrogens is 2. The summed E-state index contributed by atoms with van der Waals surface area (Å²) in [6.45, 7) is 1.46. The van der Waals surface area contributed by atoms with Crippen LogP contribution in [0.2, 0.25) is 10.0 Å². The molecule has 0 radical (unpaired) electrons. The zero-order valence-electron chi connectivity index (χ0n) is 12.9. The molecule has 25 heavy (non-hydrogen) atoms. The molecule has 1 heterocycles. The molecule has 0 saturated carbocycles. The summed E-state index contributed by atoms with van der Waals surface area (Å²) in [5, 5.41) is 11.0. The van der Waals surface area contributed by atoms with Crippen molar-refractivity contribution < 1.29 is 14.0 Å². The molecule has 0 aliphatic heterocycles. The fraction of sp³-hybridized carbons (Fsp3) is 0.0588. The number of rotatable bonds is 4. The van der Waals surface area contributed by atoms with Gasteiger partial charge < -0.3 is 4.42 Å². The van der Waals surface area contributed by atoms with Gasteiger partial charge >= 0.3 is 6.01 Å². The summed E-state index contributed by atoms with van der Waals surface area (Å²) in [4.78, 5) is 23.4. The van der Waals surface area contributed by atoms with Gasteiger partial charge in [0.15, 0.2) is 5.78 Å². The molecular formula is C17H11Cl2N3O3. The second kappa shape index (κ2) is 7.04. The van der Waals surface area contributed by atoms with Crippen LogP contribution in [0, 0.1) is 0 Å². The molecule has 0 atom stereocenters. The minimum absolute atomic E-state index is 0.0632. The molecule has 0 spiro atoms. The summed E-state index contributed by atoms with van der Waals surface area (Å²) < 4.78 is 5.41. The quantitative estimate of drug-likeness (QED) is 0.678. The van der Waals surface area contributed by atoms with Gasteiger partial charge in [-0.05, 0) is 37.3 Å². The van der Waals surface area contributed by atoms with Gasteiger partial charge in [0.1, 0.15) is 0 Å². The second-order valence-corrected chi connectivity index (χ2v) is 6.03. The molecular weight excluding hydrogens is 365 g/mol. The third-order valence-electron chi connectivity index (χ3n) is 3.31. The molecule has 0 saturated heterocycles. The van der Waals surface area contributed by atoms with E-state index in [1.54, 1.807) is 42.5 Å². The van der Waals surface area contributed by atoms with Gasteiger partial charge in [-0.15, -0.1) is 5.10 Å². The Morgan fingerprint density at radius 2 is 1.56 bits per heavy atom. The van der Waals surface area contributed by atoms with Gasteiger partial charge in [-0.25, -0.2) is 0 Å². The molecule has 126 valence electrons. The van der Waals surface area contributed by atoms with E-state index in [2.05, 4.69) is 15.5 Å². The first-order valence-electron chi connectivity index (χ1n) is 7.15. The lowest BCUT2D eigenvalue weighted by Crippen LogP contribution is -2.12. The number of carbonyl (C=O) groups excluding carboxylic acids is 2. The van der Waals surface area contributed by atoms with Crippen molar-refractivity contribution in [3.8, 4) is 11.5 Å². The van der Waals surface area contributed by atoms with Gasteiger partial charge in [0.2, 0.25) is 5.89 Å². The van der Waals surface area contributed by atoms with Gasteiger partial charge in [-0.1, -0.05) is 40.4 Å². The maximum Gasteiger partial charge on any atom is 0.322 e. The fourth-order valence-corrected chi connectivity index (χ4v) is 2.62. The maximum atomic E-state index is 12.2. The third kappa shape index (κ3) is 4.04. The van der Waals surface area contributed by atoms with Crippen molar-refractivity contribution in [1.29, 1.82) is 0 Å². The molecule has 0 unspecified atom stereocenters. The molecule has 0 aliphatic rings. The summed E-state index contributed by atoms with van der Waals surface area (Å²) in [6.07, 6.45) is 0. The van der Waals surface area contributed by atoms with Crippen LogP contribution in [0.3, 0.4) is 0 Å². The van der Waals surface area contributed by atoms with Crippen molar-refractivity contribution in [3.05, 3.63) is 63.6 Å². The topological polar surface area (TPSA) is 85.1 Å². The molecule has 1 N–H and O–H groups in total. The number of halogens is 2. The highest BCUT2D eigenvalue weighted by Gasteiger charge is 2.14. The average molecular weight is 376 g/mol. The van der Waals surface area contributed by atoms with Crippen molar-refractivity contribution in [3.63, 3.8) is 0 Å². The van der Waals surface area contributed by atoms with E-state index in [-0.39, 0.29) is 17.7 Å². The molecule has 2 aromatic carbocycles. The van der Waals surface area contributed by atoms with E-state index >= 15 is 0 Å². The monoisotopic (exact) mass is 375 g/mol. The lowest BCUT2D eigenvalue weighted by molar-refractivity contribution is 0.100. The Morgan fingerprint density at radius 3 is 2.16 bits per heavy atom. The highest BCUT2D eigenvalue weighted by atomic mass is 35.5. The number of amides is 1. The number of nitrogens with zero attached hydrogens (tertiary/aromatic N) is 2. The van der Waals surface area contributed by atoms with E-state index in [1.807, 2.05) is 0 Å². The summed E-state index contributed by atoms with van der Waals surface area (Å²) in [5.74, 6) is -0.338. The molecule has 0 fully saturated rings. The smallest absolute Gasteiger partial charge is 0.322 e. The van der Waals surface area contributed by atoms with Gasteiger partial charge in [0.05, 0.1) is 0 Å². The molecule has 0 bridgehead atoms. The van der Waals surface area contributed by atoms with Crippen LogP contribution in [0.1, 0.15) is 27.6 Å². The van der Waals surface area contributed by atoms with Gasteiger partial charge in [0, 0.05) is 26.7 Å². The summed E-state index contributed by atoms with van der Waals surface area (Å²) in [7, 11) is 0. The molecule has 6 nitrogen and oxygen atoms in total. The van der Waals surface area contributed by atoms with Gasteiger partial charge in [0.25, 0.3) is 5.91 Å². The van der Waals surface area contributed by atoms with E-state index in [9.17, 15) is 9.59 Å². The van der Waals surface area contributed by atoms with Crippen LogP contribution in [0.15, 0.2) is 46.9 Å². The summed E-state index contributed by atoms with van der Waals surface area (Å²) >= 11 is 11.9. The van der Waals surface area contributed by atoms with Crippen molar-refractivity contribution in [1.82, 2.24) is 10.2 Å². The Hall–Kier alpha value is -2.70. The predicted molar refractivity (Wildman–Crippen MR) is 94.2 cm³/mol. The van der Waals surface area contributed by atoms with Crippen LogP contribution in [0.25, 0.3) is 11.5 Å². The van der Waals surface area contributed by atoms with E-state index in [0.717, 1.165) is 0 Å². The molecule has 8 heteroatoms. The lowest BCUT2D eigenvalue weighted by Gasteiger charge is -2.01. The highest BCUT2D eigenvalue weighted by molar-refractivity contribution is 6.35. The van der Waals surface area contributed by atoms with E-state index < -0.39 is 5.91 Å². The van der Waals surface area contributed by atoms with Crippen molar-refractivity contribution in [2.45, 2.75) is 6.92 Å². The number of carbonyl (C=O) groups is 2. The standard InChI is InChI=1S/C17H11Cl2N3O3/c1-9(23)10-2-4-11(5-3-10)15(24)20-17-22-21-16(25-17)12-6-13(18)8-14(19)7-12/h2-8H,1H3,(H,20,22,24). The molecule has 3 rings (SSSR count). The number of ketones is 1. The highest BCUT2D eigenvalue weighted by Crippen LogP contribution is 2.27. The average Bonchev–Trinajstić information content (AvgIpc) is 3.02. The predicted octanol–water partition coefficient (Wildman–Crippen LogP) is 4.50. The fourth-order valence-electron chi connectivity index (χ4n) is 2.09. The Kier molecular flexibility index (Phi) is 4.83. The van der Waals surface area contributed by atoms with E-state index in [4.69, 9.17) is 27.6 Å². The Morgan fingerprint density at radius 1 is 0.960 bits per heavy atom. The Bertz CT molecular complexity index is 932. The summed E-state index contributed by atoms with van der Waals surface area (Å²) in [6, 6.07) is 11.0. The Balaban J connectivity index is 1.76. The van der Waals surface area contributed by atoms with Crippen molar-refractivity contribution in [2.75, 3.05) is 5.32 Å². The van der Waals surface area contributed by atoms with Gasteiger partial charge in [-0.3, -0.25) is 14.9 Å². The minimum Gasteiger partial charge on any atom is -0.403 e. The molecule has 1 aromatic heterocycles.